The Bertz CT molecular complexity index is 532. The number of aliphatic hydroxyl groups excluding tert-OH is 1. The van der Waals surface area contributed by atoms with Gasteiger partial charge in [-0.1, -0.05) is 11.8 Å². The molecule has 0 fully saturated rings. The summed E-state index contributed by atoms with van der Waals surface area (Å²) in [5.41, 5.74) is 0.463. The molecule has 0 aromatic heterocycles. The van der Waals surface area contributed by atoms with Gasteiger partial charge in [0.25, 0.3) is 5.91 Å². The lowest BCUT2D eigenvalue weighted by atomic mass is 10.1. The molecule has 0 atom stereocenters. The Morgan fingerprint density at radius 3 is 2.55 bits per heavy atom. The molecule has 0 saturated heterocycles. The molecule has 0 heterocycles. The molecule has 0 radical (unpaired) electrons. The van der Waals surface area contributed by atoms with Crippen LogP contribution in [0.4, 0.5) is 4.39 Å². The Balaban J connectivity index is 2.83. The molecule has 1 aromatic rings. The predicted octanol–water partition coefficient (Wildman–Crippen LogP) is 0.803. The van der Waals surface area contributed by atoms with Gasteiger partial charge in [0, 0.05) is 25.7 Å². The van der Waals surface area contributed by atoms with E-state index in [1.165, 1.54) is 17.0 Å². The van der Waals surface area contributed by atoms with Gasteiger partial charge in [-0.25, -0.2) is 4.39 Å². The van der Waals surface area contributed by atoms with Crippen LogP contribution in [0, 0.1) is 17.7 Å². The summed E-state index contributed by atoms with van der Waals surface area (Å²) in [5, 5.41) is 8.58. The van der Waals surface area contributed by atoms with Crippen LogP contribution in [0.15, 0.2) is 18.2 Å². The van der Waals surface area contributed by atoms with E-state index in [9.17, 15) is 9.18 Å². The Labute approximate surface area is 118 Å². The molecule has 20 heavy (non-hydrogen) atoms. The molecular weight excluding hydrogens is 259 g/mol. The van der Waals surface area contributed by atoms with Crippen LogP contribution in [0.5, 0.6) is 0 Å². The molecule has 4 nitrogen and oxygen atoms in total. The highest BCUT2D eigenvalue weighted by atomic mass is 19.1. The van der Waals surface area contributed by atoms with E-state index in [1.54, 1.807) is 13.1 Å². The monoisotopic (exact) mass is 278 g/mol. The van der Waals surface area contributed by atoms with E-state index in [-0.39, 0.29) is 18.1 Å². The minimum atomic E-state index is -0.601. The third-order valence-electron chi connectivity index (χ3n) is 2.74. The fourth-order valence-electron chi connectivity index (χ4n) is 1.57. The summed E-state index contributed by atoms with van der Waals surface area (Å²) in [7, 11) is 5.46. The Morgan fingerprint density at radius 2 is 2.00 bits per heavy atom. The molecule has 1 rings (SSSR count). The number of likely N-dealkylation sites (N-methyl/N-ethyl adjacent to an activating group) is 2. The van der Waals surface area contributed by atoms with E-state index in [1.807, 2.05) is 19.0 Å². The first-order valence-electron chi connectivity index (χ1n) is 6.25. The maximum Gasteiger partial charge on any atom is 0.256 e. The SMILES string of the molecule is CN(C)CCN(C)C(=O)c1ccc(C#CCO)cc1F. The van der Waals surface area contributed by atoms with Crippen LogP contribution in [0.2, 0.25) is 0 Å². The standard InChI is InChI=1S/C15H19FN2O2/c1-17(2)8-9-18(3)15(20)13-7-6-12(5-4-10-19)11-14(13)16/h6-7,11,19H,8-10H2,1-3H3. The first-order chi connectivity index (χ1) is 9.45. The second kappa shape index (κ2) is 7.63. The molecule has 1 aromatic carbocycles. The van der Waals surface area contributed by atoms with Crippen LogP contribution < -0.4 is 0 Å². The summed E-state index contributed by atoms with van der Waals surface area (Å²) in [6.07, 6.45) is 0. The fraction of sp³-hybridized carbons (Fsp3) is 0.400. The van der Waals surface area contributed by atoms with Gasteiger partial charge in [0.1, 0.15) is 12.4 Å². The van der Waals surface area contributed by atoms with Gasteiger partial charge in [0.2, 0.25) is 0 Å². The van der Waals surface area contributed by atoms with Crippen molar-refractivity contribution in [1.82, 2.24) is 9.80 Å². The second-order valence-electron chi connectivity index (χ2n) is 4.68. The molecule has 0 spiro atoms. The Kier molecular flexibility index (Phi) is 6.16. The first kappa shape index (κ1) is 16.2. The maximum absolute atomic E-state index is 13.9. The number of halogens is 1. The van der Waals surface area contributed by atoms with Gasteiger partial charge < -0.3 is 14.9 Å². The normalized spacial score (nSPS) is 10.1. The van der Waals surface area contributed by atoms with Gasteiger partial charge in [-0.2, -0.15) is 0 Å². The number of nitrogens with zero attached hydrogens (tertiary/aromatic N) is 2. The Hall–Kier alpha value is -1.90. The van der Waals surface area contributed by atoms with Crippen molar-refractivity contribution in [2.24, 2.45) is 0 Å². The van der Waals surface area contributed by atoms with Crippen LogP contribution in [-0.2, 0) is 0 Å². The zero-order valence-corrected chi connectivity index (χ0v) is 12.0. The van der Waals surface area contributed by atoms with Gasteiger partial charge in [0.15, 0.2) is 0 Å². The number of hydrogen-bond donors (Lipinski definition) is 1. The fourth-order valence-corrected chi connectivity index (χ4v) is 1.57. The van der Waals surface area contributed by atoms with Crippen molar-refractivity contribution in [3.05, 3.63) is 35.1 Å². The summed E-state index contributed by atoms with van der Waals surface area (Å²) in [6, 6.07) is 4.19. The van der Waals surface area contributed by atoms with Crippen molar-refractivity contribution in [3.8, 4) is 11.8 Å². The number of aliphatic hydroxyl groups is 1. The zero-order chi connectivity index (χ0) is 15.1. The molecular formula is C15H19FN2O2. The minimum absolute atomic E-state index is 0.0285. The number of hydrogen-bond acceptors (Lipinski definition) is 3. The number of amides is 1. The zero-order valence-electron chi connectivity index (χ0n) is 12.0. The van der Waals surface area contributed by atoms with Crippen LogP contribution in [0.1, 0.15) is 15.9 Å². The molecule has 1 N–H and O–H groups in total. The smallest absolute Gasteiger partial charge is 0.256 e. The average molecular weight is 278 g/mol. The Morgan fingerprint density at radius 1 is 1.30 bits per heavy atom. The largest absolute Gasteiger partial charge is 0.384 e. The summed E-state index contributed by atoms with van der Waals surface area (Å²) < 4.78 is 13.9. The lowest BCUT2D eigenvalue weighted by Gasteiger charge is -2.20. The highest BCUT2D eigenvalue weighted by Gasteiger charge is 2.16. The third-order valence-corrected chi connectivity index (χ3v) is 2.74. The van der Waals surface area contributed by atoms with Crippen molar-refractivity contribution < 1.29 is 14.3 Å². The summed E-state index contributed by atoms with van der Waals surface area (Å²) in [6.45, 7) is 0.955. The molecule has 0 saturated carbocycles. The van der Waals surface area contributed by atoms with E-state index in [4.69, 9.17) is 5.11 Å². The summed E-state index contributed by atoms with van der Waals surface area (Å²) in [4.78, 5) is 15.5. The van der Waals surface area contributed by atoms with E-state index in [2.05, 4.69) is 11.8 Å². The van der Waals surface area contributed by atoms with Crippen molar-refractivity contribution in [2.45, 2.75) is 0 Å². The van der Waals surface area contributed by atoms with Gasteiger partial charge in [-0.15, -0.1) is 0 Å². The molecule has 108 valence electrons. The summed E-state index contributed by atoms with van der Waals surface area (Å²) >= 11 is 0. The van der Waals surface area contributed by atoms with Gasteiger partial charge in [-0.3, -0.25) is 4.79 Å². The van der Waals surface area contributed by atoms with E-state index in [0.29, 0.717) is 18.7 Å². The summed E-state index contributed by atoms with van der Waals surface area (Å²) in [5.74, 6) is 4.08. The molecule has 0 aliphatic carbocycles. The van der Waals surface area contributed by atoms with E-state index >= 15 is 0 Å². The number of rotatable bonds is 4. The van der Waals surface area contributed by atoms with Crippen LogP contribution in [0.3, 0.4) is 0 Å². The van der Waals surface area contributed by atoms with E-state index in [0.717, 1.165) is 0 Å². The van der Waals surface area contributed by atoms with Crippen LogP contribution in [-0.4, -0.2) is 61.7 Å². The van der Waals surface area contributed by atoms with Crippen molar-refractivity contribution in [2.75, 3.05) is 40.8 Å². The van der Waals surface area contributed by atoms with Crippen molar-refractivity contribution in [1.29, 1.82) is 0 Å². The third kappa shape index (κ3) is 4.65. The molecule has 0 unspecified atom stereocenters. The topological polar surface area (TPSA) is 43.8 Å². The van der Waals surface area contributed by atoms with Crippen LogP contribution >= 0.6 is 0 Å². The molecule has 5 heteroatoms. The number of carbonyl (C=O) groups is 1. The van der Waals surface area contributed by atoms with Crippen molar-refractivity contribution in [3.63, 3.8) is 0 Å². The van der Waals surface area contributed by atoms with Gasteiger partial charge in [0.05, 0.1) is 5.56 Å². The lowest BCUT2D eigenvalue weighted by molar-refractivity contribution is 0.0781. The highest BCUT2D eigenvalue weighted by molar-refractivity contribution is 5.94. The lowest BCUT2D eigenvalue weighted by Crippen LogP contribution is -2.33. The first-order valence-corrected chi connectivity index (χ1v) is 6.25. The quantitative estimate of drug-likeness (QED) is 0.829. The predicted molar refractivity (Wildman–Crippen MR) is 75.9 cm³/mol. The molecule has 0 bridgehead atoms. The average Bonchev–Trinajstić information content (AvgIpc) is 2.41. The molecule has 0 aliphatic rings. The van der Waals surface area contributed by atoms with Gasteiger partial charge in [-0.05, 0) is 32.3 Å². The molecule has 0 aliphatic heterocycles. The van der Waals surface area contributed by atoms with Crippen LogP contribution in [0.25, 0.3) is 0 Å². The second-order valence-corrected chi connectivity index (χ2v) is 4.68. The minimum Gasteiger partial charge on any atom is -0.384 e. The highest BCUT2D eigenvalue weighted by Crippen LogP contribution is 2.12. The van der Waals surface area contributed by atoms with Gasteiger partial charge >= 0.3 is 0 Å². The van der Waals surface area contributed by atoms with Crippen molar-refractivity contribution >= 4 is 5.91 Å². The number of carbonyl (C=O) groups excluding carboxylic acids is 1. The van der Waals surface area contributed by atoms with E-state index < -0.39 is 5.82 Å². The number of benzene rings is 1. The maximum atomic E-state index is 13.9. The molecule has 1 amide bonds.